The Bertz CT molecular complexity index is 234. The molecule has 0 saturated carbocycles. The van der Waals surface area contributed by atoms with Crippen LogP contribution < -0.4 is 0 Å². The van der Waals surface area contributed by atoms with Gasteiger partial charge < -0.3 is 9.84 Å². The first-order valence-corrected chi connectivity index (χ1v) is 4.04. The summed E-state index contributed by atoms with van der Waals surface area (Å²) in [6.45, 7) is 2.06. The number of aliphatic carboxylic acids is 1. The normalized spacial score (nSPS) is 8.38. The van der Waals surface area contributed by atoms with Gasteiger partial charge in [-0.05, 0) is 6.42 Å². The standard InChI is InChI=1S/C9H12O4/c1-2-3-4-5-6-7-13-9(12)8(10)11/h2,5-7H2,1H3,(H,10,11). The first-order chi connectivity index (χ1) is 6.18. The molecule has 0 heterocycles. The van der Waals surface area contributed by atoms with E-state index in [-0.39, 0.29) is 6.61 Å². The molecule has 13 heavy (non-hydrogen) atoms. The van der Waals surface area contributed by atoms with Gasteiger partial charge in [-0.3, -0.25) is 0 Å². The number of unbranched alkanes of at least 4 members (excludes halogenated alkanes) is 1. The van der Waals surface area contributed by atoms with E-state index in [1.165, 1.54) is 0 Å². The van der Waals surface area contributed by atoms with Gasteiger partial charge in [0.25, 0.3) is 0 Å². The zero-order chi connectivity index (χ0) is 10.1. The van der Waals surface area contributed by atoms with Crippen LogP contribution in [-0.2, 0) is 14.3 Å². The fraction of sp³-hybridized carbons (Fsp3) is 0.556. The summed E-state index contributed by atoms with van der Waals surface area (Å²) >= 11 is 0. The van der Waals surface area contributed by atoms with E-state index in [1.54, 1.807) is 0 Å². The molecule has 0 radical (unpaired) electrons. The summed E-state index contributed by atoms with van der Waals surface area (Å²) in [6, 6.07) is 0. The average Bonchev–Trinajstić information content (AvgIpc) is 2.10. The van der Waals surface area contributed by atoms with E-state index in [9.17, 15) is 9.59 Å². The lowest BCUT2D eigenvalue weighted by molar-refractivity contribution is -0.163. The molecule has 1 N–H and O–H groups in total. The van der Waals surface area contributed by atoms with Gasteiger partial charge >= 0.3 is 11.9 Å². The van der Waals surface area contributed by atoms with Gasteiger partial charge in [-0.1, -0.05) is 6.92 Å². The third-order valence-corrected chi connectivity index (χ3v) is 1.16. The number of carboxylic acids is 1. The SMILES string of the molecule is CCC#CCCCOC(=O)C(=O)O. The van der Waals surface area contributed by atoms with Gasteiger partial charge in [0.05, 0.1) is 6.61 Å². The van der Waals surface area contributed by atoms with Crippen molar-refractivity contribution in [3.63, 3.8) is 0 Å². The maximum Gasteiger partial charge on any atom is 0.417 e. The van der Waals surface area contributed by atoms with E-state index in [2.05, 4.69) is 16.6 Å². The Morgan fingerprint density at radius 1 is 1.38 bits per heavy atom. The van der Waals surface area contributed by atoms with Crippen molar-refractivity contribution in [2.24, 2.45) is 0 Å². The number of rotatable bonds is 3. The van der Waals surface area contributed by atoms with E-state index >= 15 is 0 Å². The minimum absolute atomic E-state index is 0.115. The van der Waals surface area contributed by atoms with E-state index in [4.69, 9.17) is 5.11 Å². The molecule has 0 spiro atoms. The van der Waals surface area contributed by atoms with Crippen LogP contribution >= 0.6 is 0 Å². The largest absolute Gasteiger partial charge is 0.473 e. The quantitative estimate of drug-likeness (QED) is 0.305. The Morgan fingerprint density at radius 3 is 2.62 bits per heavy atom. The van der Waals surface area contributed by atoms with Crippen LogP contribution in [0, 0.1) is 11.8 Å². The molecule has 0 unspecified atom stereocenters. The summed E-state index contributed by atoms with van der Waals surface area (Å²) in [7, 11) is 0. The van der Waals surface area contributed by atoms with E-state index in [0.29, 0.717) is 12.8 Å². The zero-order valence-corrected chi connectivity index (χ0v) is 7.50. The molecule has 0 rings (SSSR count). The van der Waals surface area contributed by atoms with Crippen LogP contribution in [0.2, 0.25) is 0 Å². The second-order valence-corrected chi connectivity index (χ2v) is 2.25. The lowest BCUT2D eigenvalue weighted by Crippen LogP contribution is -2.16. The molecule has 0 aliphatic heterocycles. The molecule has 0 aliphatic carbocycles. The molecule has 0 aromatic heterocycles. The predicted octanol–water partition coefficient (Wildman–Crippen LogP) is 0.808. The van der Waals surface area contributed by atoms with Gasteiger partial charge in [0.2, 0.25) is 0 Å². The number of esters is 1. The fourth-order valence-corrected chi connectivity index (χ4v) is 0.601. The van der Waals surface area contributed by atoms with Crippen LogP contribution in [0.25, 0.3) is 0 Å². The number of hydrogen-bond donors (Lipinski definition) is 1. The maximum absolute atomic E-state index is 10.4. The van der Waals surface area contributed by atoms with Crippen LogP contribution in [0.3, 0.4) is 0 Å². The molecular weight excluding hydrogens is 172 g/mol. The third-order valence-electron chi connectivity index (χ3n) is 1.16. The number of carbonyl (C=O) groups is 2. The molecule has 0 amide bonds. The number of carbonyl (C=O) groups excluding carboxylic acids is 1. The third kappa shape index (κ3) is 6.88. The molecule has 4 heteroatoms. The van der Waals surface area contributed by atoms with Crippen molar-refractivity contribution in [2.45, 2.75) is 26.2 Å². The highest BCUT2D eigenvalue weighted by molar-refractivity contribution is 6.28. The Morgan fingerprint density at radius 2 is 2.08 bits per heavy atom. The molecule has 0 aromatic rings. The zero-order valence-electron chi connectivity index (χ0n) is 7.50. The van der Waals surface area contributed by atoms with Crippen molar-refractivity contribution in [3.8, 4) is 11.8 Å². The number of carboxylic acid groups (broad SMARTS) is 1. The molecule has 4 nitrogen and oxygen atoms in total. The van der Waals surface area contributed by atoms with Crippen molar-refractivity contribution in [3.05, 3.63) is 0 Å². The summed E-state index contributed by atoms with van der Waals surface area (Å²) in [5.74, 6) is 2.94. The lowest BCUT2D eigenvalue weighted by Gasteiger charge is -1.97. The lowest BCUT2D eigenvalue weighted by atomic mass is 10.3. The van der Waals surface area contributed by atoms with Gasteiger partial charge in [-0.25, -0.2) is 9.59 Å². The van der Waals surface area contributed by atoms with Crippen LogP contribution in [0.5, 0.6) is 0 Å². The van der Waals surface area contributed by atoms with E-state index in [1.807, 2.05) is 6.92 Å². The minimum Gasteiger partial charge on any atom is -0.473 e. The highest BCUT2D eigenvalue weighted by Gasteiger charge is 2.11. The molecule has 0 aliphatic rings. The second-order valence-electron chi connectivity index (χ2n) is 2.25. The van der Waals surface area contributed by atoms with Crippen molar-refractivity contribution < 1.29 is 19.4 Å². The molecule has 0 atom stereocenters. The smallest absolute Gasteiger partial charge is 0.417 e. The van der Waals surface area contributed by atoms with Crippen molar-refractivity contribution in [2.75, 3.05) is 6.61 Å². The van der Waals surface area contributed by atoms with Crippen molar-refractivity contribution in [1.29, 1.82) is 0 Å². The Kier molecular flexibility index (Phi) is 6.34. The summed E-state index contributed by atoms with van der Waals surface area (Å²) in [6.07, 6.45) is 2.00. The van der Waals surface area contributed by atoms with Gasteiger partial charge in [0.1, 0.15) is 0 Å². The van der Waals surface area contributed by atoms with E-state index in [0.717, 1.165) is 6.42 Å². The fourth-order valence-electron chi connectivity index (χ4n) is 0.601. The summed E-state index contributed by atoms with van der Waals surface area (Å²) < 4.78 is 4.38. The first-order valence-electron chi connectivity index (χ1n) is 4.04. The van der Waals surface area contributed by atoms with Crippen LogP contribution in [0.4, 0.5) is 0 Å². The topological polar surface area (TPSA) is 63.6 Å². The van der Waals surface area contributed by atoms with Gasteiger partial charge in [-0.2, -0.15) is 0 Å². The first kappa shape index (κ1) is 11.5. The van der Waals surface area contributed by atoms with E-state index < -0.39 is 11.9 Å². The molecule has 72 valence electrons. The van der Waals surface area contributed by atoms with Crippen molar-refractivity contribution >= 4 is 11.9 Å². The minimum atomic E-state index is -1.56. The Labute approximate surface area is 76.9 Å². The van der Waals surface area contributed by atoms with Gasteiger partial charge in [0.15, 0.2) is 0 Å². The highest BCUT2D eigenvalue weighted by Crippen LogP contribution is 1.89. The number of hydrogen-bond acceptors (Lipinski definition) is 3. The highest BCUT2D eigenvalue weighted by atomic mass is 16.6. The molecule has 0 saturated heterocycles. The molecule has 0 bridgehead atoms. The van der Waals surface area contributed by atoms with Gasteiger partial charge in [0, 0.05) is 12.8 Å². The summed E-state index contributed by atoms with van der Waals surface area (Å²) in [5, 5.41) is 8.12. The second kappa shape index (κ2) is 7.17. The monoisotopic (exact) mass is 184 g/mol. The van der Waals surface area contributed by atoms with Crippen LogP contribution in [-0.4, -0.2) is 23.7 Å². The summed E-state index contributed by atoms with van der Waals surface area (Å²) in [5.41, 5.74) is 0. The Hall–Kier alpha value is -1.50. The van der Waals surface area contributed by atoms with Gasteiger partial charge in [-0.15, -0.1) is 11.8 Å². The van der Waals surface area contributed by atoms with Crippen LogP contribution in [0.1, 0.15) is 26.2 Å². The average molecular weight is 184 g/mol. The predicted molar refractivity (Wildman–Crippen MR) is 45.9 cm³/mol. The Balaban J connectivity index is 3.36. The summed E-state index contributed by atoms with van der Waals surface area (Å²) in [4.78, 5) is 20.3. The maximum atomic E-state index is 10.4. The van der Waals surface area contributed by atoms with Crippen molar-refractivity contribution in [1.82, 2.24) is 0 Å². The molecule has 0 fully saturated rings. The van der Waals surface area contributed by atoms with Crippen LogP contribution in [0.15, 0.2) is 0 Å². The molecule has 0 aromatic carbocycles. The molecular formula is C9H12O4. The number of ether oxygens (including phenoxy) is 1.